The molecule has 2 aromatic rings. The quantitative estimate of drug-likeness (QED) is 0.698. The monoisotopic (exact) mass is 314 g/mol. The summed E-state index contributed by atoms with van der Waals surface area (Å²) in [5, 5.41) is 9.87. The zero-order valence-electron chi connectivity index (χ0n) is 14.2. The second kappa shape index (κ2) is 4.44. The summed E-state index contributed by atoms with van der Waals surface area (Å²) >= 11 is 0. The van der Waals surface area contributed by atoms with E-state index in [4.69, 9.17) is 10.2 Å². The molecule has 0 radical (unpaired) electrons. The lowest BCUT2D eigenvalue weighted by Crippen LogP contribution is -2.47. The third-order valence-corrected chi connectivity index (χ3v) is 7.03. The number of nitrogens with zero attached hydrogens (tertiary/aromatic N) is 2. The van der Waals surface area contributed by atoms with Crippen LogP contribution >= 0.6 is 0 Å². The molecular weight excluding hydrogens is 292 g/mol. The molecule has 120 valence electrons. The lowest BCUT2D eigenvalue weighted by atomic mass is 9.61. The Morgan fingerprint density at radius 1 is 0.792 bits per heavy atom. The average Bonchev–Trinajstić information content (AvgIpc) is 2.83. The Labute approximate surface area is 143 Å². The maximum absolute atomic E-state index is 4.98. The molecule has 0 amide bonds. The van der Waals surface area contributed by atoms with E-state index in [1.807, 2.05) is 0 Å². The molecule has 1 heterocycles. The maximum atomic E-state index is 4.98. The zero-order valence-corrected chi connectivity index (χ0v) is 14.2. The first-order chi connectivity index (χ1) is 11.6. The fourth-order valence-corrected chi connectivity index (χ4v) is 5.51. The number of hydrogen-bond donors (Lipinski definition) is 0. The third kappa shape index (κ3) is 1.39. The lowest BCUT2D eigenvalue weighted by molar-refractivity contribution is 0.144. The van der Waals surface area contributed by atoms with Crippen LogP contribution in [0.2, 0.25) is 0 Å². The summed E-state index contributed by atoms with van der Waals surface area (Å²) in [6.07, 6.45) is 5.72. The number of hydrogen-bond acceptors (Lipinski definition) is 2. The van der Waals surface area contributed by atoms with E-state index in [9.17, 15) is 0 Å². The van der Waals surface area contributed by atoms with Gasteiger partial charge in [-0.25, -0.2) is 0 Å². The predicted molar refractivity (Wildman–Crippen MR) is 95.8 cm³/mol. The van der Waals surface area contributed by atoms with Crippen molar-refractivity contribution in [1.82, 2.24) is 0 Å². The van der Waals surface area contributed by atoms with Crippen LogP contribution in [0.1, 0.15) is 25.0 Å². The van der Waals surface area contributed by atoms with Crippen LogP contribution in [0.15, 0.2) is 83.0 Å². The van der Waals surface area contributed by atoms with E-state index in [2.05, 4.69) is 86.7 Å². The summed E-state index contributed by atoms with van der Waals surface area (Å²) in [5.74, 6) is 0.972. The van der Waals surface area contributed by atoms with Crippen molar-refractivity contribution in [1.29, 1.82) is 0 Å². The van der Waals surface area contributed by atoms with Crippen molar-refractivity contribution in [2.45, 2.75) is 31.3 Å². The lowest BCUT2D eigenvalue weighted by Gasteiger charge is -2.42. The van der Waals surface area contributed by atoms with Crippen LogP contribution in [0, 0.1) is 17.3 Å². The van der Waals surface area contributed by atoms with Crippen molar-refractivity contribution in [3.05, 3.63) is 83.9 Å². The minimum absolute atomic E-state index is 0.0262. The first kappa shape index (κ1) is 14.2. The highest BCUT2D eigenvalue weighted by atomic mass is 15.3. The molecule has 2 aromatic carbocycles. The van der Waals surface area contributed by atoms with Crippen molar-refractivity contribution < 1.29 is 0 Å². The smallest absolute Gasteiger partial charge is 0.121 e. The molecule has 1 fully saturated rings. The van der Waals surface area contributed by atoms with Crippen molar-refractivity contribution in [2.75, 3.05) is 0 Å². The molecule has 0 saturated heterocycles. The topological polar surface area (TPSA) is 24.7 Å². The van der Waals surface area contributed by atoms with Gasteiger partial charge in [0, 0.05) is 17.3 Å². The maximum Gasteiger partial charge on any atom is 0.121 e. The second-order valence-electron chi connectivity index (χ2n) is 7.91. The van der Waals surface area contributed by atoms with Crippen LogP contribution in [0.5, 0.6) is 0 Å². The summed E-state index contributed by atoms with van der Waals surface area (Å²) in [5.41, 5.74) is 2.30. The molecule has 1 saturated carbocycles. The minimum Gasteiger partial charge on any atom is -0.185 e. The van der Waals surface area contributed by atoms with Crippen molar-refractivity contribution in [3.63, 3.8) is 0 Å². The van der Waals surface area contributed by atoms with E-state index < -0.39 is 0 Å². The Balaban J connectivity index is 1.71. The highest BCUT2D eigenvalue weighted by Crippen LogP contribution is 2.74. The van der Waals surface area contributed by atoms with E-state index in [1.165, 1.54) is 11.1 Å². The van der Waals surface area contributed by atoms with Gasteiger partial charge in [-0.1, -0.05) is 79.7 Å². The van der Waals surface area contributed by atoms with Gasteiger partial charge in [0.25, 0.3) is 0 Å². The number of benzene rings is 2. The summed E-state index contributed by atoms with van der Waals surface area (Å²) < 4.78 is 0. The molecule has 2 heteroatoms. The van der Waals surface area contributed by atoms with Gasteiger partial charge < -0.3 is 0 Å². The van der Waals surface area contributed by atoms with Crippen molar-refractivity contribution in [2.24, 2.45) is 27.5 Å². The second-order valence-corrected chi connectivity index (χ2v) is 7.91. The number of rotatable bonds is 3. The van der Waals surface area contributed by atoms with Crippen LogP contribution in [0.4, 0.5) is 0 Å². The van der Waals surface area contributed by atoms with Gasteiger partial charge in [0.1, 0.15) is 5.54 Å². The van der Waals surface area contributed by atoms with Crippen molar-refractivity contribution >= 4 is 0 Å². The van der Waals surface area contributed by atoms with Crippen LogP contribution in [-0.4, -0.2) is 5.54 Å². The van der Waals surface area contributed by atoms with Gasteiger partial charge in [-0.2, -0.15) is 10.2 Å². The zero-order chi connectivity index (χ0) is 16.4. The standard InChI is InChI=1S/C22H22N2/c1-20(15-16-9-5-3-6-10-16)21(2)18-13-14-19(18)22(20,24-23-21)17-11-7-4-8-12-17/h3-14,18-19H,15H2,1-2H3/t18-,19+,20-,21+,22-/m0/s1. The largest absolute Gasteiger partial charge is 0.185 e. The molecule has 3 aliphatic rings. The molecule has 0 spiro atoms. The highest BCUT2D eigenvalue weighted by molar-refractivity contribution is 5.47. The van der Waals surface area contributed by atoms with Gasteiger partial charge >= 0.3 is 0 Å². The molecule has 2 nitrogen and oxygen atoms in total. The molecule has 2 bridgehead atoms. The summed E-state index contributed by atoms with van der Waals surface area (Å²) in [7, 11) is 0. The number of azo groups is 1. The normalized spacial score (nSPS) is 41.2. The third-order valence-electron chi connectivity index (χ3n) is 7.03. The molecule has 2 aliphatic carbocycles. The average molecular weight is 314 g/mol. The van der Waals surface area contributed by atoms with Crippen LogP contribution in [0.25, 0.3) is 0 Å². The number of fused-ring (bicyclic) bond motifs is 5. The van der Waals surface area contributed by atoms with Crippen LogP contribution in [-0.2, 0) is 12.0 Å². The summed E-state index contributed by atoms with van der Waals surface area (Å²) in [6.45, 7) is 4.73. The Bertz CT molecular complexity index is 841. The van der Waals surface area contributed by atoms with Crippen LogP contribution < -0.4 is 0 Å². The molecular formula is C22H22N2. The van der Waals surface area contributed by atoms with Gasteiger partial charge in [-0.15, -0.1) is 0 Å². The first-order valence-corrected chi connectivity index (χ1v) is 8.84. The first-order valence-electron chi connectivity index (χ1n) is 8.84. The Morgan fingerprint density at radius 2 is 1.42 bits per heavy atom. The molecule has 5 rings (SSSR count). The van der Waals surface area contributed by atoms with Gasteiger partial charge in [-0.05, 0) is 24.5 Å². The van der Waals surface area contributed by atoms with Gasteiger partial charge in [0.05, 0.1) is 5.54 Å². The van der Waals surface area contributed by atoms with E-state index in [0.717, 1.165) is 6.42 Å². The molecule has 0 aromatic heterocycles. The summed E-state index contributed by atoms with van der Waals surface area (Å²) in [6, 6.07) is 21.7. The molecule has 24 heavy (non-hydrogen) atoms. The molecule has 0 unspecified atom stereocenters. The fraction of sp³-hybridized carbons (Fsp3) is 0.364. The van der Waals surface area contributed by atoms with Gasteiger partial charge in [0.15, 0.2) is 0 Å². The van der Waals surface area contributed by atoms with Gasteiger partial charge in [0.2, 0.25) is 0 Å². The Morgan fingerprint density at radius 3 is 2.04 bits per heavy atom. The van der Waals surface area contributed by atoms with E-state index in [-0.39, 0.29) is 16.5 Å². The predicted octanol–water partition coefficient (Wildman–Crippen LogP) is 5.17. The van der Waals surface area contributed by atoms with E-state index in [1.54, 1.807) is 0 Å². The summed E-state index contributed by atoms with van der Waals surface area (Å²) in [4.78, 5) is 0. The fourth-order valence-electron chi connectivity index (χ4n) is 5.51. The minimum atomic E-state index is -0.238. The van der Waals surface area contributed by atoms with Crippen LogP contribution in [0.3, 0.4) is 0 Å². The van der Waals surface area contributed by atoms with Gasteiger partial charge in [-0.3, -0.25) is 0 Å². The molecule has 0 N–H and O–H groups in total. The molecule has 1 aliphatic heterocycles. The molecule has 5 atom stereocenters. The Hall–Kier alpha value is -2.22. The Kier molecular flexibility index (Phi) is 2.62. The van der Waals surface area contributed by atoms with E-state index in [0.29, 0.717) is 11.8 Å². The SMILES string of the molecule is C[C@]1(Cc2ccccc2)[C@]2(C)N=N[C@@]1(c1ccccc1)[C@@H]1C=C[C@@H]12. The highest BCUT2D eigenvalue weighted by Gasteiger charge is 2.77. The van der Waals surface area contributed by atoms with E-state index >= 15 is 0 Å². The van der Waals surface area contributed by atoms with Crippen molar-refractivity contribution in [3.8, 4) is 0 Å².